The second kappa shape index (κ2) is 9.08. The van der Waals surface area contributed by atoms with Crippen molar-refractivity contribution in [2.75, 3.05) is 11.9 Å². The number of benzene rings is 3. The zero-order valence-electron chi connectivity index (χ0n) is 15.0. The van der Waals surface area contributed by atoms with Gasteiger partial charge in [-0.2, -0.15) is 0 Å². The molecule has 0 bridgehead atoms. The predicted molar refractivity (Wildman–Crippen MR) is 110 cm³/mol. The average molecular weight is 329 g/mol. The lowest BCUT2D eigenvalue weighted by Crippen LogP contribution is -2.03. The number of unbranched alkanes of at least 4 members (excludes halogenated alkanes) is 3. The third-order valence-electron chi connectivity index (χ3n) is 4.56. The second-order valence-electron chi connectivity index (χ2n) is 6.45. The topological polar surface area (TPSA) is 12.0 Å². The molecule has 0 fully saturated rings. The first-order valence-electron chi connectivity index (χ1n) is 9.38. The molecule has 0 radical (unpaired) electrons. The van der Waals surface area contributed by atoms with E-state index in [4.69, 9.17) is 0 Å². The highest BCUT2D eigenvalue weighted by atomic mass is 14.9. The molecule has 0 aliphatic carbocycles. The van der Waals surface area contributed by atoms with Gasteiger partial charge in [0, 0.05) is 17.8 Å². The van der Waals surface area contributed by atoms with Crippen molar-refractivity contribution in [1.82, 2.24) is 0 Å². The van der Waals surface area contributed by atoms with Crippen molar-refractivity contribution in [1.29, 1.82) is 0 Å². The predicted octanol–water partition coefficient (Wildman–Crippen LogP) is 7.01. The summed E-state index contributed by atoms with van der Waals surface area (Å²) in [6, 6.07) is 27.9. The molecule has 0 spiro atoms. The van der Waals surface area contributed by atoms with E-state index in [-0.39, 0.29) is 0 Å². The maximum absolute atomic E-state index is 3.68. The summed E-state index contributed by atoms with van der Waals surface area (Å²) in [5.74, 6) is 0. The summed E-state index contributed by atoms with van der Waals surface area (Å²) in [5.41, 5.74) is 6.33. The summed E-state index contributed by atoms with van der Waals surface area (Å²) in [4.78, 5) is 0. The molecule has 0 aliphatic heterocycles. The SMILES string of the molecule is CCCCCCNc1cccc(-c2ccccc2)c1-c1ccccc1. The van der Waals surface area contributed by atoms with E-state index >= 15 is 0 Å². The molecule has 1 N–H and O–H groups in total. The molecule has 0 saturated carbocycles. The molecule has 0 aliphatic rings. The zero-order valence-corrected chi connectivity index (χ0v) is 15.0. The Kier molecular flexibility index (Phi) is 6.28. The van der Waals surface area contributed by atoms with Gasteiger partial charge < -0.3 is 5.32 Å². The average Bonchev–Trinajstić information content (AvgIpc) is 2.69. The summed E-state index contributed by atoms with van der Waals surface area (Å²) >= 11 is 0. The Hall–Kier alpha value is -2.54. The van der Waals surface area contributed by atoms with Crippen LogP contribution in [0.1, 0.15) is 32.6 Å². The molecular weight excluding hydrogens is 302 g/mol. The Balaban J connectivity index is 1.95. The van der Waals surface area contributed by atoms with E-state index in [0.29, 0.717) is 0 Å². The van der Waals surface area contributed by atoms with Crippen LogP contribution in [0.4, 0.5) is 5.69 Å². The Morgan fingerprint density at radius 3 is 2.00 bits per heavy atom. The Morgan fingerprint density at radius 2 is 1.32 bits per heavy atom. The smallest absolute Gasteiger partial charge is 0.0426 e. The summed E-state index contributed by atoms with van der Waals surface area (Å²) in [7, 11) is 0. The Bertz CT molecular complexity index is 763. The maximum Gasteiger partial charge on any atom is 0.0426 e. The summed E-state index contributed by atoms with van der Waals surface area (Å²) < 4.78 is 0. The fourth-order valence-electron chi connectivity index (χ4n) is 3.25. The van der Waals surface area contributed by atoms with E-state index in [0.717, 1.165) is 6.54 Å². The van der Waals surface area contributed by atoms with Crippen molar-refractivity contribution in [3.63, 3.8) is 0 Å². The van der Waals surface area contributed by atoms with Crippen molar-refractivity contribution < 1.29 is 0 Å². The van der Waals surface area contributed by atoms with Crippen LogP contribution < -0.4 is 5.32 Å². The minimum atomic E-state index is 1.03. The lowest BCUT2D eigenvalue weighted by atomic mass is 9.93. The van der Waals surface area contributed by atoms with Gasteiger partial charge >= 0.3 is 0 Å². The molecule has 0 aromatic heterocycles. The fraction of sp³-hybridized carbons (Fsp3) is 0.250. The van der Waals surface area contributed by atoms with Crippen LogP contribution in [0.2, 0.25) is 0 Å². The number of nitrogens with one attached hydrogen (secondary N) is 1. The van der Waals surface area contributed by atoms with Crippen molar-refractivity contribution in [3.05, 3.63) is 78.9 Å². The quantitative estimate of drug-likeness (QED) is 0.438. The standard InChI is InChI=1S/C24H27N/c1-2-3-4-11-19-25-23-18-12-17-22(20-13-7-5-8-14-20)24(23)21-15-9-6-10-16-21/h5-10,12-18,25H,2-4,11,19H2,1H3. The number of rotatable bonds is 8. The van der Waals surface area contributed by atoms with Crippen LogP contribution in [0.25, 0.3) is 22.3 Å². The molecule has 0 atom stereocenters. The number of hydrogen-bond acceptors (Lipinski definition) is 1. The minimum Gasteiger partial charge on any atom is -0.385 e. The maximum atomic E-state index is 3.68. The van der Waals surface area contributed by atoms with Crippen LogP contribution in [0.3, 0.4) is 0 Å². The molecule has 3 aromatic rings. The third-order valence-corrected chi connectivity index (χ3v) is 4.56. The molecule has 0 heterocycles. The highest BCUT2D eigenvalue weighted by molar-refractivity contribution is 5.91. The molecule has 3 aromatic carbocycles. The van der Waals surface area contributed by atoms with E-state index in [2.05, 4.69) is 91.1 Å². The number of anilines is 1. The molecule has 25 heavy (non-hydrogen) atoms. The normalized spacial score (nSPS) is 10.6. The highest BCUT2D eigenvalue weighted by Gasteiger charge is 2.11. The van der Waals surface area contributed by atoms with E-state index in [1.165, 1.54) is 53.6 Å². The largest absolute Gasteiger partial charge is 0.385 e. The molecule has 128 valence electrons. The summed E-state index contributed by atoms with van der Waals surface area (Å²) in [5, 5.41) is 3.68. The molecule has 0 saturated heterocycles. The lowest BCUT2D eigenvalue weighted by Gasteiger charge is -2.17. The van der Waals surface area contributed by atoms with Gasteiger partial charge in [-0.1, -0.05) is 99.0 Å². The Morgan fingerprint density at radius 1 is 0.640 bits per heavy atom. The molecule has 0 amide bonds. The van der Waals surface area contributed by atoms with Gasteiger partial charge in [0.1, 0.15) is 0 Å². The van der Waals surface area contributed by atoms with Gasteiger partial charge in [-0.25, -0.2) is 0 Å². The Labute approximate surface area is 151 Å². The summed E-state index contributed by atoms with van der Waals surface area (Å²) in [6.45, 7) is 3.28. The molecule has 3 rings (SSSR count). The van der Waals surface area contributed by atoms with Gasteiger partial charge in [0.25, 0.3) is 0 Å². The van der Waals surface area contributed by atoms with Crippen molar-refractivity contribution in [2.45, 2.75) is 32.6 Å². The fourth-order valence-corrected chi connectivity index (χ4v) is 3.25. The second-order valence-corrected chi connectivity index (χ2v) is 6.45. The van der Waals surface area contributed by atoms with Crippen molar-refractivity contribution in [2.24, 2.45) is 0 Å². The molecule has 0 unspecified atom stereocenters. The monoisotopic (exact) mass is 329 g/mol. The van der Waals surface area contributed by atoms with Crippen LogP contribution >= 0.6 is 0 Å². The highest BCUT2D eigenvalue weighted by Crippen LogP contribution is 2.37. The van der Waals surface area contributed by atoms with E-state index in [1.54, 1.807) is 0 Å². The number of hydrogen-bond donors (Lipinski definition) is 1. The van der Waals surface area contributed by atoms with Crippen LogP contribution in [0.15, 0.2) is 78.9 Å². The van der Waals surface area contributed by atoms with Crippen LogP contribution in [-0.4, -0.2) is 6.54 Å². The van der Waals surface area contributed by atoms with Gasteiger partial charge in [-0.15, -0.1) is 0 Å². The first kappa shape index (κ1) is 17.3. The minimum absolute atomic E-state index is 1.03. The first-order valence-corrected chi connectivity index (χ1v) is 9.38. The van der Waals surface area contributed by atoms with Gasteiger partial charge in [-0.05, 0) is 29.2 Å². The van der Waals surface area contributed by atoms with Crippen LogP contribution in [-0.2, 0) is 0 Å². The van der Waals surface area contributed by atoms with E-state index in [9.17, 15) is 0 Å². The third kappa shape index (κ3) is 4.51. The molecule has 1 nitrogen and oxygen atoms in total. The van der Waals surface area contributed by atoms with Gasteiger partial charge in [0.2, 0.25) is 0 Å². The van der Waals surface area contributed by atoms with Crippen LogP contribution in [0, 0.1) is 0 Å². The first-order chi connectivity index (χ1) is 12.4. The van der Waals surface area contributed by atoms with E-state index in [1.807, 2.05) is 0 Å². The van der Waals surface area contributed by atoms with Crippen LogP contribution in [0.5, 0.6) is 0 Å². The van der Waals surface area contributed by atoms with E-state index < -0.39 is 0 Å². The summed E-state index contributed by atoms with van der Waals surface area (Å²) in [6.07, 6.45) is 5.11. The van der Waals surface area contributed by atoms with Gasteiger partial charge in [0.05, 0.1) is 0 Å². The van der Waals surface area contributed by atoms with Crippen molar-refractivity contribution >= 4 is 5.69 Å². The molecular formula is C24H27N. The van der Waals surface area contributed by atoms with Crippen molar-refractivity contribution in [3.8, 4) is 22.3 Å². The van der Waals surface area contributed by atoms with Gasteiger partial charge in [-0.3, -0.25) is 0 Å². The zero-order chi connectivity index (χ0) is 17.3. The lowest BCUT2D eigenvalue weighted by molar-refractivity contribution is 0.685. The molecule has 1 heteroatoms. The van der Waals surface area contributed by atoms with Gasteiger partial charge in [0.15, 0.2) is 0 Å².